The van der Waals surface area contributed by atoms with Crippen LogP contribution in [0.3, 0.4) is 0 Å². The molecule has 1 aromatic rings. The van der Waals surface area contributed by atoms with E-state index < -0.39 is 17.8 Å². The minimum atomic E-state index is -0.473. The number of piperidine rings is 1. The highest BCUT2D eigenvalue weighted by molar-refractivity contribution is 7.80. The summed E-state index contributed by atoms with van der Waals surface area (Å²) in [5.74, 6) is -0.878. The smallest absolute Gasteiger partial charge is 0.240 e. The van der Waals surface area contributed by atoms with Crippen LogP contribution in [0.2, 0.25) is 0 Å². The summed E-state index contributed by atoms with van der Waals surface area (Å²) in [6, 6.07) is 4.18. The molecule has 4 nitrogen and oxygen atoms in total. The molecule has 6 heteroatoms. The molecule has 0 spiro atoms. The quantitative estimate of drug-likeness (QED) is 0.819. The largest absolute Gasteiger partial charge is 0.389 e. The summed E-state index contributed by atoms with van der Waals surface area (Å²) in [5, 5.41) is 0. The molecule has 0 saturated carbocycles. The third-order valence-electron chi connectivity index (χ3n) is 3.38. The Morgan fingerprint density at radius 1 is 1.37 bits per heavy atom. The van der Waals surface area contributed by atoms with Crippen LogP contribution in [-0.2, 0) is 4.79 Å². The second-order valence-electron chi connectivity index (χ2n) is 4.61. The minimum absolute atomic E-state index is 0.0121. The van der Waals surface area contributed by atoms with E-state index >= 15 is 0 Å². The van der Waals surface area contributed by atoms with Crippen molar-refractivity contribution >= 4 is 28.8 Å². The maximum absolute atomic E-state index is 13.9. The Labute approximate surface area is 116 Å². The first-order chi connectivity index (χ1) is 9.02. The molecule has 4 N–H and O–H groups in total. The number of amides is 1. The maximum Gasteiger partial charge on any atom is 0.240 e. The van der Waals surface area contributed by atoms with E-state index in [9.17, 15) is 9.18 Å². The number of hydrogen-bond acceptors (Lipinski definition) is 3. The van der Waals surface area contributed by atoms with Gasteiger partial charge in [-0.2, -0.15) is 0 Å². The minimum Gasteiger partial charge on any atom is -0.389 e. The van der Waals surface area contributed by atoms with Gasteiger partial charge in [0.25, 0.3) is 0 Å². The molecule has 0 bridgehead atoms. The van der Waals surface area contributed by atoms with E-state index in [1.165, 1.54) is 6.07 Å². The van der Waals surface area contributed by atoms with Crippen LogP contribution >= 0.6 is 12.2 Å². The van der Waals surface area contributed by atoms with Crippen molar-refractivity contribution < 1.29 is 9.18 Å². The Bertz CT molecular complexity index is 521. The number of nitrogens with two attached hydrogens (primary N) is 2. The van der Waals surface area contributed by atoms with E-state index in [1.54, 1.807) is 12.1 Å². The molecular formula is C13H16FN3OS. The van der Waals surface area contributed by atoms with E-state index in [1.807, 2.05) is 4.90 Å². The van der Waals surface area contributed by atoms with Gasteiger partial charge in [-0.15, -0.1) is 0 Å². The van der Waals surface area contributed by atoms with Gasteiger partial charge in [-0.1, -0.05) is 18.3 Å². The summed E-state index contributed by atoms with van der Waals surface area (Å²) in [7, 11) is 0. The zero-order chi connectivity index (χ0) is 14.0. The molecule has 1 fully saturated rings. The van der Waals surface area contributed by atoms with Gasteiger partial charge < -0.3 is 16.4 Å². The van der Waals surface area contributed by atoms with E-state index in [2.05, 4.69) is 0 Å². The van der Waals surface area contributed by atoms with Crippen LogP contribution in [-0.4, -0.2) is 23.5 Å². The highest BCUT2D eigenvalue weighted by Gasteiger charge is 2.29. The zero-order valence-electron chi connectivity index (χ0n) is 10.4. The fourth-order valence-corrected chi connectivity index (χ4v) is 2.71. The van der Waals surface area contributed by atoms with E-state index in [0.717, 1.165) is 12.8 Å². The van der Waals surface area contributed by atoms with Crippen molar-refractivity contribution in [3.8, 4) is 0 Å². The first kappa shape index (κ1) is 13.7. The number of nitrogens with zero attached hydrogens (tertiary/aromatic N) is 1. The summed E-state index contributed by atoms with van der Waals surface area (Å²) in [5.41, 5.74) is 11.8. The zero-order valence-corrected chi connectivity index (χ0v) is 11.3. The molecular weight excluding hydrogens is 265 g/mol. The lowest BCUT2D eigenvalue weighted by Crippen LogP contribution is -2.48. The highest BCUT2D eigenvalue weighted by atomic mass is 32.1. The van der Waals surface area contributed by atoms with E-state index in [0.29, 0.717) is 18.7 Å². The molecule has 1 amide bonds. The molecule has 1 unspecified atom stereocenters. The van der Waals surface area contributed by atoms with Crippen LogP contribution in [0.4, 0.5) is 10.1 Å². The number of primary amides is 1. The van der Waals surface area contributed by atoms with Crippen LogP contribution in [0.5, 0.6) is 0 Å². The third-order valence-corrected chi connectivity index (χ3v) is 3.58. The first-order valence-electron chi connectivity index (χ1n) is 6.16. The molecule has 0 aliphatic carbocycles. The summed E-state index contributed by atoms with van der Waals surface area (Å²) >= 11 is 4.91. The Morgan fingerprint density at radius 3 is 2.74 bits per heavy atom. The first-order valence-corrected chi connectivity index (χ1v) is 6.57. The molecule has 102 valence electrons. The van der Waals surface area contributed by atoms with Crippen LogP contribution in [0.1, 0.15) is 24.8 Å². The molecule has 2 rings (SSSR count). The number of benzene rings is 1. The summed E-state index contributed by atoms with van der Waals surface area (Å²) in [6.45, 7) is 0.646. The molecule has 1 atom stereocenters. The molecule has 1 aliphatic heterocycles. The van der Waals surface area contributed by atoms with Gasteiger partial charge in [-0.25, -0.2) is 4.39 Å². The van der Waals surface area contributed by atoms with Crippen LogP contribution in [0.25, 0.3) is 0 Å². The molecule has 19 heavy (non-hydrogen) atoms. The monoisotopic (exact) mass is 281 g/mol. The van der Waals surface area contributed by atoms with Crippen LogP contribution < -0.4 is 16.4 Å². The molecule has 1 heterocycles. The van der Waals surface area contributed by atoms with Gasteiger partial charge in [0.1, 0.15) is 16.8 Å². The van der Waals surface area contributed by atoms with Gasteiger partial charge in [0, 0.05) is 6.54 Å². The Balaban J connectivity index is 2.47. The summed E-state index contributed by atoms with van der Waals surface area (Å²) in [4.78, 5) is 13.3. The fraction of sp³-hybridized carbons (Fsp3) is 0.385. The Kier molecular flexibility index (Phi) is 3.99. The van der Waals surface area contributed by atoms with Crippen molar-refractivity contribution in [3.63, 3.8) is 0 Å². The van der Waals surface area contributed by atoms with E-state index in [4.69, 9.17) is 23.7 Å². The molecule has 0 aromatic heterocycles. The van der Waals surface area contributed by atoms with Gasteiger partial charge in [0.05, 0.1) is 11.3 Å². The number of thiocarbonyl (C=S) groups is 1. The SMILES string of the molecule is NC(=O)C1CCCCN1c1cccc(F)c1C(N)=S. The van der Waals surface area contributed by atoms with Gasteiger partial charge in [0.15, 0.2) is 0 Å². The highest BCUT2D eigenvalue weighted by Crippen LogP contribution is 2.29. The lowest BCUT2D eigenvalue weighted by atomic mass is 9.99. The molecule has 1 aliphatic rings. The van der Waals surface area contributed by atoms with Gasteiger partial charge >= 0.3 is 0 Å². The number of carbonyl (C=O) groups excluding carboxylic acids is 1. The number of halogens is 1. The van der Waals surface area contributed by atoms with Gasteiger partial charge in [-0.3, -0.25) is 4.79 Å². The standard InChI is InChI=1S/C13H16FN3OS/c14-8-4-3-6-9(11(8)13(16)19)17-7-2-1-5-10(17)12(15)18/h3-4,6,10H,1-2,5,7H2,(H2,15,18)(H2,16,19). The van der Waals surface area contributed by atoms with Crippen molar-refractivity contribution in [2.24, 2.45) is 11.5 Å². The molecule has 1 aromatic carbocycles. The van der Waals surface area contributed by atoms with Crippen molar-refractivity contribution in [1.82, 2.24) is 0 Å². The Hall–Kier alpha value is -1.69. The average Bonchev–Trinajstić information content (AvgIpc) is 2.37. The van der Waals surface area contributed by atoms with Crippen molar-refractivity contribution in [1.29, 1.82) is 0 Å². The number of hydrogen-bond donors (Lipinski definition) is 2. The van der Waals surface area contributed by atoms with Gasteiger partial charge in [0.2, 0.25) is 5.91 Å². The lowest BCUT2D eigenvalue weighted by Gasteiger charge is -2.36. The van der Waals surface area contributed by atoms with Crippen LogP contribution in [0, 0.1) is 5.82 Å². The number of anilines is 1. The molecule has 1 saturated heterocycles. The van der Waals surface area contributed by atoms with E-state index in [-0.39, 0.29) is 10.6 Å². The van der Waals surface area contributed by atoms with Crippen LogP contribution in [0.15, 0.2) is 18.2 Å². The normalized spacial score (nSPS) is 19.2. The molecule has 0 radical (unpaired) electrons. The predicted octanol–water partition coefficient (Wildman–Crippen LogP) is 1.30. The second kappa shape index (κ2) is 5.52. The average molecular weight is 281 g/mol. The van der Waals surface area contributed by atoms with Crippen molar-refractivity contribution in [3.05, 3.63) is 29.6 Å². The second-order valence-corrected chi connectivity index (χ2v) is 5.05. The third kappa shape index (κ3) is 2.68. The van der Waals surface area contributed by atoms with Crippen molar-refractivity contribution in [2.45, 2.75) is 25.3 Å². The summed E-state index contributed by atoms with van der Waals surface area (Å²) in [6.07, 6.45) is 2.53. The fourth-order valence-electron chi connectivity index (χ4n) is 2.51. The Morgan fingerprint density at radius 2 is 2.11 bits per heavy atom. The number of rotatable bonds is 3. The lowest BCUT2D eigenvalue weighted by molar-refractivity contribution is -0.119. The van der Waals surface area contributed by atoms with Crippen molar-refractivity contribution in [2.75, 3.05) is 11.4 Å². The topological polar surface area (TPSA) is 72.4 Å². The predicted molar refractivity (Wildman–Crippen MR) is 76.5 cm³/mol. The number of carbonyl (C=O) groups is 1. The maximum atomic E-state index is 13.9. The summed E-state index contributed by atoms with van der Waals surface area (Å²) < 4.78 is 13.9. The van der Waals surface area contributed by atoms with Gasteiger partial charge in [-0.05, 0) is 31.4 Å².